The highest BCUT2D eigenvalue weighted by molar-refractivity contribution is 5.91. The predicted molar refractivity (Wildman–Crippen MR) is 151 cm³/mol. The molecule has 210 valence electrons. The molecule has 1 fully saturated rings. The molecule has 1 aromatic heterocycles. The van der Waals surface area contributed by atoms with Crippen molar-refractivity contribution < 1.29 is 23.1 Å². The zero-order chi connectivity index (χ0) is 28.2. The lowest BCUT2D eigenvalue weighted by Gasteiger charge is -2.39. The number of benzene rings is 2. The topological polar surface area (TPSA) is 66.2 Å². The van der Waals surface area contributed by atoms with Crippen LogP contribution in [0.1, 0.15) is 52.9 Å². The minimum absolute atomic E-state index is 0.0288. The normalized spacial score (nSPS) is 17.6. The maximum absolute atomic E-state index is 14.2. The number of hydrogen-bond donors (Lipinski definition) is 0. The van der Waals surface area contributed by atoms with Crippen molar-refractivity contribution in [2.75, 3.05) is 39.3 Å². The van der Waals surface area contributed by atoms with E-state index >= 15 is 0 Å². The summed E-state index contributed by atoms with van der Waals surface area (Å²) < 4.78 is 26.1. The lowest BCUT2D eigenvalue weighted by atomic mass is 9.87. The van der Waals surface area contributed by atoms with Crippen LogP contribution in [0.25, 0.3) is 0 Å². The molecule has 2 amide bonds. The van der Waals surface area contributed by atoms with Crippen LogP contribution in [-0.2, 0) is 17.8 Å². The lowest BCUT2D eigenvalue weighted by molar-refractivity contribution is -0.136. The Kier molecular flexibility index (Phi) is 8.35. The van der Waals surface area contributed by atoms with Crippen LogP contribution in [0.5, 0.6) is 5.75 Å². The molecular formula is C32H36FN3O4. The molecule has 2 aliphatic heterocycles. The first-order valence-corrected chi connectivity index (χ1v) is 13.9. The van der Waals surface area contributed by atoms with Gasteiger partial charge in [0, 0.05) is 45.2 Å². The third kappa shape index (κ3) is 5.97. The van der Waals surface area contributed by atoms with Gasteiger partial charge in [0.25, 0.3) is 5.91 Å². The third-order valence-electron chi connectivity index (χ3n) is 7.59. The first-order valence-electron chi connectivity index (χ1n) is 13.9. The molecule has 7 nitrogen and oxygen atoms in total. The first-order chi connectivity index (χ1) is 19.3. The van der Waals surface area contributed by atoms with E-state index in [0.29, 0.717) is 43.3 Å². The summed E-state index contributed by atoms with van der Waals surface area (Å²) in [6.07, 6.45) is 2.59. The van der Waals surface area contributed by atoms with Crippen LogP contribution < -0.4 is 4.74 Å². The highest BCUT2D eigenvalue weighted by Crippen LogP contribution is 2.38. The van der Waals surface area contributed by atoms with Crippen LogP contribution >= 0.6 is 0 Å². The van der Waals surface area contributed by atoms with Crippen molar-refractivity contribution in [2.24, 2.45) is 5.92 Å². The quantitative estimate of drug-likeness (QED) is 0.370. The maximum atomic E-state index is 14.2. The van der Waals surface area contributed by atoms with Gasteiger partial charge in [0.05, 0.1) is 6.04 Å². The Bertz CT molecular complexity index is 1380. The highest BCUT2D eigenvalue weighted by Gasteiger charge is 2.33. The van der Waals surface area contributed by atoms with E-state index in [1.54, 1.807) is 18.2 Å². The zero-order valence-electron chi connectivity index (χ0n) is 23.1. The number of ether oxygens (including phenoxy) is 1. The number of halogens is 1. The van der Waals surface area contributed by atoms with Crippen LogP contribution in [0.15, 0.2) is 71.7 Å². The Hall–Kier alpha value is -3.91. The first kappa shape index (κ1) is 27.6. The molecule has 1 atom stereocenters. The number of carbonyl (C=O) groups is 2. The number of piperazine rings is 1. The van der Waals surface area contributed by atoms with Crippen LogP contribution in [-0.4, -0.2) is 65.8 Å². The summed E-state index contributed by atoms with van der Waals surface area (Å²) >= 11 is 0. The number of rotatable bonds is 8. The van der Waals surface area contributed by atoms with Gasteiger partial charge in [0.2, 0.25) is 5.91 Å². The van der Waals surface area contributed by atoms with Crippen molar-refractivity contribution in [3.8, 4) is 5.75 Å². The predicted octanol–water partition coefficient (Wildman–Crippen LogP) is 5.07. The Labute approximate surface area is 234 Å². The molecule has 0 spiro atoms. The van der Waals surface area contributed by atoms with Gasteiger partial charge in [-0.2, -0.15) is 0 Å². The van der Waals surface area contributed by atoms with E-state index in [0.717, 1.165) is 36.3 Å². The van der Waals surface area contributed by atoms with Gasteiger partial charge in [0.1, 0.15) is 23.9 Å². The highest BCUT2D eigenvalue weighted by atomic mass is 19.1. The van der Waals surface area contributed by atoms with Crippen molar-refractivity contribution in [1.29, 1.82) is 0 Å². The van der Waals surface area contributed by atoms with Crippen molar-refractivity contribution in [3.63, 3.8) is 0 Å². The van der Waals surface area contributed by atoms with E-state index in [-0.39, 0.29) is 30.2 Å². The molecule has 0 bridgehead atoms. The molecule has 2 aliphatic rings. The summed E-state index contributed by atoms with van der Waals surface area (Å²) in [6.45, 7) is 12.0. The smallest absolute Gasteiger partial charge is 0.289 e. The van der Waals surface area contributed by atoms with E-state index in [1.165, 1.54) is 12.1 Å². The Morgan fingerprint density at radius 3 is 2.60 bits per heavy atom. The molecule has 5 rings (SSSR count). The number of amides is 2. The summed E-state index contributed by atoms with van der Waals surface area (Å²) in [5, 5.41) is 0. The van der Waals surface area contributed by atoms with Gasteiger partial charge in [0.15, 0.2) is 5.76 Å². The zero-order valence-corrected chi connectivity index (χ0v) is 23.1. The average Bonchev–Trinajstić information content (AvgIpc) is 3.44. The van der Waals surface area contributed by atoms with Gasteiger partial charge in [-0.05, 0) is 59.5 Å². The molecule has 3 aromatic rings. The van der Waals surface area contributed by atoms with Crippen molar-refractivity contribution in [2.45, 2.75) is 32.9 Å². The van der Waals surface area contributed by atoms with Gasteiger partial charge in [-0.25, -0.2) is 4.39 Å². The number of fused-ring (bicyclic) bond motifs is 1. The van der Waals surface area contributed by atoms with Crippen molar-refractivity contribution in [3.05, 3.63) is 101 Å². The molecule has 0 unspecified atom stereocenters. The van der Waals surface area contributed by atoms with Gasteiger partial charge in [-0.3, -0.25) is 14.5 Å². The molecule has 2 aromatic carbocycles. The lowest BCUT2D eigenvalue weighted by Crippen LogP contribution is -2.48. The monoisotopic (exact) mass is 545 g/mol. The molecule has 0 saturated carbocycles. The van der Waals surface area contributed by atoms with Crippen LogP contribution in [0, 0.1) is 11.7 Å². The number of hydrogen-bond acceptors (Lipinski definition) is 5. The molecule has 3 heterocycles. The van der Waals surface area contributed by atoms with Crippen LogP contribution in [0.4, 0.5) is 4.39 Å². The summed E-state index contributed by atoms with van der Waals surface area (Å²) in [6, 6.07) is 15.3. The summed E-state index contributed by atoms with van der Waals surface area (Å²) in [5.41, 5.74) is 2.76. The van der Waals surface area contributed by atoms with Gasteiger partial charge >= 0.3 is 0 Å². The molecule has 40 heavy (non-hydrogen) atoms. The standard InChI is InChI=1S/C32H36FN3O4/c1-4-13-34-15-17-35(18-16-34)32(38)29-11-10-27(40-29)21-39-26-9-8-23-12-14-36(31(37)22(2)3)30(28(23)20-26)24-6-5-7-25(33)19-24/h4-11,19-20,22,30H,1,12-18,21H2,2-3H3/t30-/m1/s1. The largest absolute Gasteiger partial charge is 0.486 e. The van der Waals surface area contributed by atoms with E-state index in [1.807, 2.05) is 54.0 Å². The Morgan fingerprint density at radius 2 is 1.88 bits per heavy atom. The van der Waals surface area contributed by atoms with Crippen LogP contribution in [0.3, 0.4) is 0 Å². The second-order valence-corrected chi connectivity index (χ2v) is 10.7. The van der Waals surface area contributed by atoms with Crippen LogP contribution in [0.2, 0.25) is 0 Å². The third-order valence-corrected chi connectivity index (χ3v) is 7.59. The Morgan fingerprint density at radius 1 is 1.07 bits per heavy atom. The molecule has 0 radical (unpaired) electrons. The fourth-order valence-electron chi connectivity index (χ4n) is 5.49. The molecule has 0 N–H and O–H groups in total. The average molecular weight is 546 g/mol. The molecule has 0 aliphatic carbocycles. The molecule has 8 heteroatoms. The minimum atomic E-state index is -0.405. The van der Waals surface area contributed by atoms with Gasteiger partial charge in [-0.1, -0.05) is 38.1 Å². The number of carbonyl (C=O) groups excluding carboxylic acids is 2. The number of nitrogens with zero attached hydrogens (tertiary/aromatic N) is 3. The maximum Gasteiger partial charge on any atom is 0.289 e. The SMILES string of the molecule is C=CCN1CCN(C(=O)c2ccc(COc3ccc4c(c3)[C@@H](c3cccc(F)c3)N(C(=O)C(C)C)CC4)o2)CC1. The Balaban J connectivity index is 1.30. The van der Waals surface area contributed by atoms with Gasteiger partial charge in [-0.15, -0.1) is 6.58 Å². The van der Waals surface area contributed by atoms with E-state index < -0.39 is 6.04 Å². The summed E-state index contributed by atoms with van der Waals surface area (Å²) in [7, 11) is 0. The van der Waals surface area contributed by atoms with E-state index in [4.69, 9.17) is 9.15 Å². The second kappa shape index (κ2) is 12.1. The van der Waals surface area contributed by atoms with E-state index in [9.17, 15) is 14.0 Å². The molecule has 1 saturated heterocycles. The fraction of sp³-hybridized carbons (Fsp3) is 0.375. The van der Waals surface area contributed by atoms with Crippen molar-refractivity contribution >= 4 is 11.8 Å². The van der Waals surface area contributed by atoms with E-state index in [2.05, 4.69) is 11.5 Å². The summed E-state index contributed by atoms with van der Waals surface area (Å²) in [4.78, 5) is 32.0. The van der Waals surface area contributed by atoms with Gasteiger partial charge < -0.3 is 19.0 Å². The fourth-order valence-corrected chi connectivity index (χ4v) is 5.49. The number of furan rings is 1. The second-order valence-electron chi connectivity index (χ2n) is 10.7. The minimum Gasteiger partial charge on any atom is -0.486 e. The molecular weight excluding hydrogens is 509 g/mol. The summed E-state index contributed by atoms with van der Waals surface area (Å²) in [5.74, 6) is 0.855. The van der Waals surface area contributed by atoms with Crippen molar-refractivity contribution in [1.82, 2.24) is 14.7 Å².